The van der Waals surface area contributed by atoms with Gasteiger partial charge in [-0.15, -0.1) is 0 Å². The van der Waals surface area contributed by atoms with Crippen LogP contribution in [0.1, 0.15) is 52.9 Å². The fraction of sp³-hybridized carbons (Fsp3) is 0.857. The highest BCUT2D eigenvalue weighted by molar-refractivity contribution is 5.05. The van der Waals surface area contributed by atoms with Crippen molar-refractivity contribution in [2.24, 2.45) is 17.8 Å². The van der Waals surface area contributed by atoms with Crippen LogP contribution in [0, 0.1) is 17.8 Å². The lowest BCUT2D eigenvalue weighted by Crippen LogP contribution is -2.40. The molecule has 0 aromatic carbocycles. The molecule has 0 aromatic heterocycles. The molecule has 2 bridgehead atoms. The lowest BCUT2D eigenvalue weighted by atomic mass is 9.74. The van der Waals surface area contributed by atoms with Gasteiger partial charge in [0.1, 0.15) is 0 Å². The van der Waals surface area contributed by atoms with E-state index in [0.29, 0.717) is 11.8 Å². The summed E-state index contributed by atoms with van der Waals surface area (Å²) in [7, 11) is 0. The molecule has 4 atom stereocenters. The van der Waals surface area contributed by atoms with Crippen LogP contribution in [-0.4, -0.2) is 10.7 Å². The van der Waals surface area contributed by atoms with Gasteiger partial charge < -0.3 is 5.11 Å². The maximum Gasteiger partial charge on any atom is 0.0678 e. The first-order valence-corrected chi connectivity index (χ1v) is 6.37. The number of hydrogen-bond acceptors (Lipinski definition) is 1. The molecule has 2 saturated carbocycles. The summed E-state index contributed by atoms with van der Waals surface area (Å²) in [6, 6.07) is 0. The second kappa shape index (κ2) is 3.93. The van der Waals surface area contributed by atoms with E-state index in [2.05, 4.69) is 26.8 Å². The minimum Gasteiger partial charge on any atom is -0.390 e. The van der Waals surface area contributed by atoms with Crippen LogP contribution in [0.3, 0.4) is 0 Å². The third-order valence-corrected chi connectivity index (χ3v) is 4.65. The summed E-state index contributed by atoms with van der Waals surface area (Å²) in [4.78, 5) is 0. The van der Waals surface area contributed by atoms with E-state index >= 15 is 0 Å². The minimum atomic E-state index is -0.363. The smallest absolute Gasteiger partial charge is 0.0678 e. The molecule has 86 valence electrons. The number of aliphatic hydroxyl groups is 1. The predicted molar refractivity (Wildman–Crippen MR) is 63.6 cm³/mol. The van der Waals surface area contributed by atoms with E-state index in [-0.39, 0.29) is 5.60 Å². The summed E-state index contributed by atoms with van der Waals surface area (Å²) in [6.45, 7) is 6.38. The third-order valence-electron chi connectivity index (χ3n) is 4.65. The van der Waals surface area contributed by atoms with Gasteiger partial charge in [0.2, 0.25) is 0 Å². The Labute approximate surface area is 93.6 Å². The first kappa shape index (κ1) is 11.2. The number of allylic oxidation sites excluding steroid dienone is 2. The van der Waals surface area contributed by atoms with Crippen LogP contribution >= 0.6 is 0 Å². The van der Waals surface area contributed by atoms with Crippen LogP contribution in [0.5, 0.6) is 0 Å². The topological polar surface area (TPSA) is 20.2 Å². The van der Waals surface area contributed by atoms with Gasteiger partial charge in [0.05, 0.1) is 5.60 Å². The standard InChI is InChI=1S/C14H24O/c1-10(2)5-4-6-13-11-7-8-12(9-11)14(13,3)15/h5,11-13,15H,4,6-9H2,1-3H3. The van der Waals surface area contributed by atoms with Gasteiger partial charge in [0, 0.05) is 0 Å². The van der Waals surface area contributed by atoms with E-state index < -0.39 is 0 Å². The van der Waals surface area contributed by atoms with Gasteiger partial charge in [0.25, 0.3) is 0 Å². The molecule has 2 aliphatic rings. The summed E-state index contributed by atoms with van der Waals surface area (Å²) >= 11 is 0. The molecule has 2 rings (SSSR count). The molecular formula is C14H24O. The lowest BCUT2D eigenvalue weighted by molar-refractivity contribution is -0.0459. The van der Waals surface area contributed by atoms with Crippen molar-refractivity contribution in [3.05, 3.63) is 11.6 Å². The maximum absolute atomic E-state index is 10.5. The van der Waals surface area contributed by atoms with E-state index in [9.17, 15) is 5.11 Å². The Hall–Kier alpha value is -0.300. The Morgan fingerprint density at radius 2 is 2.13 bits per heavy atom. The van der Waals surface area contributed by atoms with Crippen LogP contribution in [0.25, 0.3) is 0 Å². The Balaban J connectivity index is 1.95. The molecule has 15 heavy (non-hydrogen) atoms. The van der Waals surface area contributed by atoms with Gasteiger partial charge in [0.15, 0.2) is 0 Å². The SMILES string of the molecule is CC(C)=CCCC1C2CCC(C2)C1(C)O. The van der Waals surface area contributed by atoms with Crippen molar-refractivity contribution >= 4 is 0 Å². The van der Waals surface area contributed by atoms with Crippen molar-refractivity contribution in [1.82, 2.24) is 0 Å². The summed E-state index contributed by atoms with van der Waals surface area (Å²) in [5, 5.41) is 10.5. The van der Waals surface area contributed by atoms with Gasteiger partial charge in [-0.25, -0.2) is 0 Å². The molecule has 2 aliphatic carbocycles. The van der Waals surface area contributed by atoms with Gasteiger partial charge in [-0.2, -0.15) is 0 Å². The van der Waals surface area contributed by atoms with Crippen molar-refractivity contribution < 1.29 is 5.11 Å². The van der Waals surface area contributed by atoms with Crippen molar-refractivity contribution in [2.75, 3.05) is 0 Å². The highest BCUT2D eigenvalue weighted by Crippen LogP contribution is 2.55. The quantitative estimate of drug-likeness (QED) is 0.703. The summed E-state index contributed by atoms with van der Waals surface area (Å²) in [5.41, 5.74) is 1.04. The first-order chi connectivity index (χ1) is 7.01. The monoisotopic (exact) mass is 208 g/mol. The molecule has 2 fully saturated rings. The zero-order chi connectivity index (χ0) is 11.1. The second-order valence-corrected chi connectivity index (χ2v) is 5.96. The molecule has 0 radical (unpaired) electrons. The molecule has 0 aliphatic heterocycles. The van der Waals surface area contributed by atoms with Crippen molar-refractivity contribution in [3.8, 4) is 0 Å². The Kier molecular flexibility index (Phi) is 2.94. The van der Waals surface area contributed by atoms with Gasteiger partial charge in [-0.05, 0) is 70.6 Å². The van der Waals surface area contributed by atoms with E-state index in [1.54, 1.807) is 0 Å². The Morgan fingerprint density at radius 1 is 1.40 bits per heavy atom. The summed E-state index contributed by atoms with van der Waals surface area (Å²) in [5.74, 6) is 1.97. The van der Waals surface area contributed by atoms with Gasteiger partial charge >= 0.3 is 0 Å². The van der Waals surface area contributed by atoms with Crippen LogP contribution < -0.4 is 0 Å². The first-order valence-electron chi connectivity index (χ1n) is 6.37. The van der Waals surface area contributed by atoms with E-state index in [1.807, 2.05) is 0 Å². The number of fused-ring (bicyclic) bond motifs is 2. The zero-order valence-electron chi connectivity index (χ0n) is 10.3. The summed E-state index contributed by atoms with van der Waals surface area (Å²) in [6.07, 6.45) is 8.54. The molecule has 1 heteroatoms. The van der Waals surface area contributed by atoms with Crippen LogP contribution in [0.15, 0.2) is 11.6 Å². The second-order valence-electron chi connectivity index (χ2n) is 5.96. The van der Waals surface area contributed by atoms with Crippen molar-refractivity contribution in [1.29, 1.82) is 0 Å². The highest BCUT2D eigenvalue weighted by Gasteiger charge is 2.53. The number of hydrogen-bond donors (Lipinski definition) is 1. The molecule has 0 aromatic rings. The molecule has 1 nitrogen and oxygen atoms in total. The Morgan fingerprint density at radius 3 is 2.67 bits per heavy atom. The molecule has 0 heterocycles. The average molecular weight is 208 g/mol. The maximum atomic E-state index is 10.5. The molecule has 4 unspecified atom stereocenters. The average Bonchev–Trinajstić information content (AvgIpc) is 2.66. The Bertz CT molecular complexity index is 261. The van der Waals surface area contributed by atoms with Gasteiger partial charge in [-0.3, -0.25) is 0 Å². The fourth-order valence-electron chi connectivity index (χ4n) is 3.77. The fourth-order valence-corrected chi connectivity index (χ4v) is 3.77. The molecular weight excluding hydrogens is 184 g/mol. The normalized spacial score (nSPS) is 43.3. The lowest BCUT2D eigenvalue weighted by Gasteiger charge is -2.36. The third kappa shape index (κ3) is 1.99. The van der Waals surface area contributed by atoms with Gasteiger partial charge in [-0.1, -0.05) is 11.6 Å². The summed E-state index contributed by atoms with van der Waals surface area (Å²) < 4.78 is 0. The molecule has 0 spiro atoms. The molecule has 0 amide bonds. The minimum absolute atomic E-state index is 0.363. The molecule has 1 N–H and O–H groups in total. The highest BCUT2D eigenvalue weighted by atomic mass is 16.3. The molecule has 0 saturated heterocycles. The van der Waals surface area contributed by atoms with E-state index in [1.165, 1.54) is 31.3 Å². The van der Waals surface area contributed by atoms with E-state index in [0.717, 1.165) is 12.3 Å². The van der Waals surface area contributed by atoms with Crippen molar-refractivity contribution in [2.45, 2.75) is 58.5 Å². The zero-order valence-corrected chi connectivity index (χ0v) is 10.3. The van der Waals surface area contributed by atoms with Crippen LogP contribution in [-0.2, 0) is 0 Å². The number of rotatable bonds is 3. The van der Waals surface area contributed by atoms with Crippen molar-refractivity contribution in [3.63, 3.8) is 0 Å². The largest absolute Gasteiger partial charge is 0.390 e. The van der Waals surface area contributed by atoms with Crippen LogP contribution in [0.4, 0.5) is 0 Å². The van der Waals surface area contributed by atoms with Crippen LogP contribution in [0.2, 0.25) is 0 Å². The predicted octanol–water partition coefficient (Wildman–Crippen LogP) is 3.53. The van der Waals surface area contributed by atoms with E-state index in [4.69, 9.17) is 0 Å².